The molecule has 122 valence electrons. The van der Waals surface area contributed by atoms with Crippen molar-refractivity contribution in [2.75, 3.05) is 6.61 Å². The quantitative estimate of drug-likeness (QED) is 0.620. The molecule has 0 N–H and O–H groups in total. The molecule has 0 aliphatic rings. The molecule has 7 nitrogen and oxygen atoms in total. The first kappa shape index (κ1) is 15.7. The zero-order valence-electron chi connectivity index (χ0n) is 13.1. The van der Waals surface area contributed by atoms with Gasteiger partial charge in [-0.25, -0.2) is 9.97 Å². The van der Waals surface area contributed by atoms with Gasteiger partial charge in [-0.1, -0.05) is 18.2 Å². The van der Waals surface area contributed by atoms with Crippen molar-refractivity contribution in [2.24, 2.45) is 0 Å². The minimum absolute atomic E-state index is 0.357. The Morgan fingerprint density at radius 1 is 1.12 bits per heavy atom. The van der Waals surface area contributed by atoms with E-state index in [1.807, 2.05) is 30.3 Å². The van der Waals surface area contributed by atoms with Crippen LogP contribution in [-0.4, -0.2) is 32.8 Å². The van der Waals surface area contributed by atoms with Crippen LogP contribution in [0.15, 0.2) is 48.8 Å². The van der Waals surface area contributed by atoms with Gasteiger partial charge in [0.1, 0.15) is 23.7 Å². The number of benzene rings is 1. The number of carbonyl (C=O) groups excluding carboxylic acids is 1. The Kier molecular flexibility index (Phi) is 4.81. The maximum Gasteiger partial charge on any atom is 0.298 e. The second kappa shape index (κ2) is 7.36. The van der Waals surface area contributed by atoms with Gasteiger partial charge in [0.15, 0.2) is 11.6 Å². The Bertz CT molecular complexity index is 803. The molecule has 0 aliphatic carbocycles. The van der Waals surface area contributed by atoms with Crippen molar-refractivity contribution in [2.45, 2.75) is 13.5 Å². The lowest BCUT2D eigenvalue weighted by Gasteiger charge is -2.09. The average Bonchev–Trinajstić information content (AvgIpc) is 2.93. The molecular formula is C17H16N4O3. The largest absolute Gasteiger partial charge is 0.492 e. The van der Waals surface area contributed by atoms with Crippen molar-refractivity contribution >= 4 is 6.47 Å². The van der Waals surface area contributed by atoms with Crippen LogP contribution in [0.2, 0.25) is 0 Å². The smallest absolute Gasteiger partial charge is 0.298 e. The molecule has 3 aromatic rings. The second-order valence-corrected chi connectivity index (χ2v) is 4.93. The number of carbonyl (C=O) groups is 1. The van der Waals surface area contributed by atoms with Crippen LogP contribution in [0.3, 0.4) is 0 Å². The van der Waals surface area contributed by atoms with Gasteiger partial charge < -0.3 is 9.47 Å². The molecule has 0 spiro atoms. The molecule has 0 atom stereocenters. The van der Waals surface area contributed by atoms with Crippen LogP contribution in [-0.2, 0) is 11.3 Å². The van der Waals surface area contributed by atoms with E-state index >= 15 is 0 Å². The Balaban J connectivity index is 1.84. The van der Waals surface area contributed by atoms with Crippen LogP contribution in [0.25, 0.3) is 11.5 Å². The second-order valence-electron chi connectivity index (χ2n) is 4.93. The number of hydrogen-bond acceptors (Lipinski definition) is 6. The highest BCUT2D eigenvalue weighted by molar-refractivity contribution is 5.64. The SMILES string of the molecule is Cc1nn(CCOc2ccccc2)c(-c2ncccn2)c1OC=O. The predicted molar refractivity (Wildman–Crippen MR) is 86.6 cm³/mol. The van der Waals surface area contributed by atoms with Crippen LogP contribution in [0.4, 0.5) is 0 Å². The maximum absolute atomic E-state index is 10.8. The summed E-state index contributed by atoms with van der Waals surface area (Å²) < 4.78 is 12.5. The molecular weight excluding hydrogens is 308 g/mol. The van der Waals surface area contributed by atoms with Crippen molar-refractivity contribution in [3.63, 3.8) is 0 Å². The molecule has 7 heteroatoms. The first-order valence-corrected chi connectivity index (χ1v) is 7.42. The molecule has 2 aromatic heterocycles. The van der Waals surface area contributed by atoms with Crippen LogP contribution >= 0.6 is 0 Å². The van der Waals surface area contributed by atoms with Crippen molar-refractivity contribution < 1.29 is 14.3 Å². The van der Waals surface area contributed by atoms with Gasteiger partial charge in [-0.2, -0.15) is 5.10 Å². The van der Waals surface area contributed by atoms with E-state index in [1.165, 1.54) is 0 Å². The van der Waals surface area contributed by atoms with Gasteiger partial charge in [0.2, 0.25) is 0 Å². The Hall–Kier alpha value is -3.22. The summed E-state index contributed by atoms with van der Waals surface area (Å²) in [5.41, 5.74) is 1.14. The Labute approximate surface area is 138 Å². The molecule has 2 heterocycles. The van der Waals surface area contributed by atoms with E-state index < -0.39 is 0 Å². The third-order valence-corrected chi connectivity index (χ3v) is 3.33. The van der Waals surface area contributed by atoms with Crippen molar-refractivity contribution in [1.29, 1.82) is 0 Å². The molecule has 0 saturated heterocycles. The molecule has 0 unspecified atom stereocenters. The van der Waals surface area contributed by atoms with Crippen molar-refractivity contribution in [3.8, 4) is 23.0 Å². The standard InChI is InChI=1S/C17H16N4O3/c1-13-16(24-12-22)15(17-18-8-5-9-19-17)21(20-13)10-11-23-14-6-3-2-4-7-14/h2-9,12H,10-11H2,1H3. The van der Waals surface area contributed by atoms with Crippen LogP contribution in [0.1, 0.15) is 5.69 Å². The number of aromatic nitrogens is 4. The lowest BCUT2D eigenvalue weighted by molar-refractivity contribution is -0.120. The monoisotopic (exact) mass is 324 g/mol. The van der Waals surface area contributed by atoms with Gasteiger partial charge in [-0.3, -0.25) is 9.48 Å². The highest BCUT2D eigenvalue weighted by atomic mass is 16.5. The minimum Gasteiger partial charge on any atom is -0.492 e. The third kappa shape index (κ3) is 3.40. The lowest BCUT2D eigenvalue weighted by Crippen LogP contribution is -2.11. The highest BCUT2D eigenvalue weighted by Gasteiger charge is 2.20. The van der Waals surface area contributed by atoms with Crippen LogP contribution in [0.5, 0.6) is 11.5 Å². The molecule has 0 amide bonds. The molecule has 3 rings (SSSR count). The molecule has 0 aliphatic heterocycles. The van der Waals surface area contributed by atoms with Gasteiger partial charge in [0.25, 0.3) is 6.47 Å². The molecule has 0 bridgehead atoms. The normalized spacial score (nSPS) is 10.4. The molecule has 1 aromatic carbocycles. The van der Waals surface area contributed by atoms with E-state index in [4.69, 9.17) is 9.47 Å². The van der Waals surface area contributed by atoms with Crippen LogP contribution in [0, 0.1) is 6.92 Å². The summed E-state index contributed by atoms with van der Waals surface area (Å²) in [6.45, 7) is 3.01. The summed E-state index contributed by atoms with van der Waals surface area (Å²) in [5, 5.41) is 4.41. The highest BCUT2D eigenvalue weighted by Crippen LogP contribution is 2.30. The minimum atomic E-state index is 0.357. The molecule has 0 radical (unpaired) electrons. The molecule has 24 heavy (non-hydrogen) atoms. The van der Waals surface area contributed by atoms with Crippen molar-refractivity contribution in [3.05, 3.63) is 54.5 Å². The number of rotatable bonds is 7. The number of hydrogen-bond donors (Lipinski definition) is 0. The van der Waals surface area contributed by atoms with Gasteiger partial charge in [-0.15, -0.1) is 0 Å². The summed E-state index contributed by atoms with van der Waals surface area (Å²) >= 11 is 0. The summed E-state index contributed by atoms with van der Waals surface area (Å²) in [6.07, 6.45) is 3.25. The topological polar surface area (TPSA) is 79.1 Å². The fourth-order valence-electron chi connectivity index (χ4n) is 2.32. The van der Waals surface area contributed by atoms with Crippen molar-refractivity contribution in [1.82, 2.24) is 19.7 Å². The molecule has 0 saturated carbocycles. The van der Waals surface area contributed by atoms with Gasteiger partial charge in [0, 0.05) is 12.4 Å². The zero-order valence-corrected chi connectivity index (χ0v) is 13.1. The van der Waals surface area contributed by atoms with E-state index in [2.05, 4.69) is 15.1 Å². The number of aryl methyl sites for hydroxylation is 1. The van der Waals surface area contributed by atoms with E-state index in [0.717, 1.165) is 5.75 Å². The van der Waals surface area contributed by atoms with Gasteiger partial charge >= 0.3 is 0 Å². The number of para-hydroxylation sites is 1. The average molecular weight is 324 g/mol. The zero-order chi connectivity index (χ0) is 16.8. The summed E-state index contributed by atoms with van der Waals surface area (Å²) in [4.78, 5) is 19.2. The fourth-order valence-corrected chi connectivity index (χ4v) is 2.32. The van der Waals surface area contributed by atoms with Crippen LogP contribution < -0.4 is 9.47 Å². The van der Waals surface area contributed by atoms with E-state index in [9.17, 15) is 4.79 Å². The Morgan fingerprint density at radius 3 is 2.58 bits per heavy atom. The van der Waals surface area contributed by atoms with E-state index in [1.54, 1.807) is 30.1 Å². The first-order valence-electron chi connectivity index (χ1n) is 7.42. The lowest BCUT2D eigenvalue weighted by atomic mass is 10.3. The summed E-state index contributed by atoms with van der Waals surface area (Å²) in [7, 11) is 0. The van der Waals surface area contributed by atoms with Gasteiger partial charge in [0.05, 0.1) is 6.54 Å². The third-order valence-electron chi connectivity index (χ3n) is 3.33. The number of ether oxygens (including phenoxy) is 2. The maximum atomic E-state index is 10.8. The fraction of sp³-hybridized carbons (Fsp3) is 0.176. The summed E-state index contributed by atoms with van der Waals surface area (Å²) in [6, 6.07) is 11.2. The van der Waals surface area contributed by atoms with Gasteiger partial charge in [-0.05, 0) is 25.1 Å². The first-order chi connectivity index (χ1) is 11.8. The van der Waals surface area contributed by atoms with E-state index in [0.29, 0.717) is 42.6 Å². The van der Waals surface area contributed by atoms with E-state index in [-0.39, 0.29) is 0 Å². The summed E-state index contributed by atoms with van der Waals surface area (Å²) in [5.74, 6) is 1.58. The number of nitrogens with zero attached hydrogens (tertiary/aromatic N) is 4. The predicted octanol–water partition coefficient (Wildman–Crippen LogP) is 2.26. The Morgan fingerprint density at radius 2 is 1.88 bits per heavy atom. The molecule has 0 fully saturated rings.